The highest BCUT2D eigenvalue weighted by molar-refractivity contribution is 14.1. The molecule has 21 heavy (non-hydrogen) atoms. The summed E-state index contributed by atoms with van der Waals surface area (Å²) in [4.78, 5) is 14.8. The van der Waals surface area contributed by atoms with E-state index in [2.05, 4.69) is 34.8 Å². The van der Waals surface area contributed by atoms with Gasteiger partial charge in [-0.05, 0) is 73.4 Å². The van der Waals surface area contributed by atoms with E-state index in [0.29, 0.717) is 28.7 Å². The number of carbonyl (C=O) groups is 1. The summed E-state index contributed by atoms with van der Waals surface area (Å²) in [6.45, 7) is 2.82. The highest BCUT2D eigenvalue weighted by atomic mass is 127. The van der Waals surface area contributed by atoms with Crippen LogP contribution in [0.3, 0.4) is 0 Å². The zero-order valence-electron chi connectivity index (χ0n) is 12.1. The third-order valence-corrected chi connectivity index (χ3v) is 6.23. The van der Waals surface area contributed by atoms with Gasteiger partial charge in [-0.2, -0.15) is 0 Å². The minimum atomic E-state index is 0.113. The quantitative estimate of drug-likeness (QED) is 0.759. The van der Waals surface area contributed by atoms with Crippen molar-refractivity contribution in [3.8, 4) is 0 Å². The van der Waals surface area contributed by atoms with Crippen LogP contribution in [0.5, 0.6) is 0 Å². The number of benzene rings is 1. The molecule has 1 amide bonds. The molecule has 3 rings (SSSR count). The third-order valence-electron chi connectivity index (χ3n) is 4.66. The van der Waals surface area contributed by atoms with Gasteiger partial charge < -0.3 is 10.2 Å². The summed E-state index contributed by atoms with van der Waals surface area (Å²) < 4.78 is 0.980. The van der Waals surface area contributed by atoms with Gasteiger partial charge in [-0.25, -0.2) is 0 Å². The van der Waals surface area contributed by atoms with Gasteiger partial charge in [-0.15, -0.1) is 0 Å². The van der Waals surface area contributed by atoms with Crippen molar-refractivity contribution >= 4 is 40.1 Å². The minimum absolute atomic E-state index is 0.113. The van der Waals surface area contributed by atoms with Gasteiger partial charge in [0, 0.05) is 33.8 Å². The zero-order chi connectivity index (χ0) is 15.0. The van der Waals surface area contributed by atoms with Gasteiger partial charge in [0.15, 0.2) is 0 Å². The van der Waals surface area contributed by atoms with Crippen LogP contribution < -0.4 is 5.32 Å². The maximum atomic E-state index is 12.8. The second-order valence-corrected chi connectivity index (χ2v) is 7.55. The molecule has 0 saturated carbocycles. The summed E-state index contributed by atoms with van der Waals surface area (Å²) in [5.41, 5.74) is 0.702. The molecular formula is C16H20ClIN2O. The molecule has 2 atom stereocenters. The standard InChI is InChI=1S/C16H20ClIN2O/c1-2-20(13-8-11-4-5-12(9-13)19-11)16(21)10-3-6-15(18)14(17)7-10/h3,6-7,11-13,19H,2,4-5,8-9H2,1H3. The smallest absolute Gasteiger partial charge is 0.254 e. The molecule has 1 aromatic carbocycles. The van der Waals surface area contributed by atoms with Crippen molar-refractivity contribution in [3.05, 3.63) is 32.4 Å². The fraction of sp³-hybridized carbons (Fsp3) is 0.562. The highest BCUT2D eigenvalue weighted by Crippen LogP contribution is 2.30. The number of piperidine rings is 1. The molecule has 2 bridgehead atoms. The van der Waals surface area contributed by atoms with E-state index in [0.717, 1.165) is 23.0 Å². The number of nitrogens with one attached hydrogen (secondary N) is 1. The Bertz CT molecular complexity index is 539. The van der Waals surface area contributed by atoms with Crippen molar-refractivity contribution in [2.75, 3.05) is 6.54 Å². The van der Waals surface area contributed by atoms with Gasteiger partial charge in [-0.3, -0.25) is 4.79 Å². The van der Waals surface area contributed by atoms with E-state index in [1.54, 1.807) is 6.07 Å². The Hall–Kier alpha value is -0.330. The van der Waals surface area contributed by atoms with Crippen LogP contribution in [-0.2, 0) is 0 Å². The molecule has 2 heterocycles. The van der Waals surface area contributed by atoms with Crippen molar-refractivity contribution in [1.29, 1.82) is 0 Å². The van der Waals surface area contributed by atoms with Crippen LogP contribution in [0.25, 0.3) is 0 Å². The van der Waals surface area contributed by atoms with E-state index in [4.69, 9.17) is 11.6 Å². The van der Waals surface area contributed by atoms with E-state index < -0.39 is 0 Å². The van der Waals surface area contributed by atoms with Crippen molar-refractivity contribution in [2.45, 2.75) is 50.7 Å². The number of halogens is 2. The van der Waals surface area contributed by atoms with Gasteiger partial charge in [0.25, 0.3) is 5.91 Å². The molecule has 1 N–H and O–H groups in total. The topological polar surface area (TPSA) is 32.3 Å². The number of hydrogen-bond acceptors (Lipinski definition) is 2. The predicted octanol–water partition coefficient (Wildman–Crippen LogP) is 3.69. The lowest BCUT2D eigenvalue weighted by Gasteiger charge is -2.37. The van der Waals surface area contributed by atoms with E-state index >= 15 is 0 Å². The van der Waals surface area contributed by atoms with Crippen LogP contribution in [0.1, 0.15) is 43.0 Å². The normalized spacial score (nSPS) is 27.7. The third kappa shape index (κ3) is 3.22. The first kappa shape index (κ1) is 15.6. The summed E-state index contributed by atoms with van der Waals surface area (Å²) in [6.07, 6.45) is 4.66. The summed E-state index contributed by atoms with van der Waals surface area (Å²) in [7, 11) is 0. The number of amides is 1. The molecule has 2 unspecified atom stereocenters. The van der Waals surface area contributed by atoms with Crippen molar-refractivity contribution in [2.24, 2.45) is 0 Å². The Morgan fingerprint density at radius 2 is 2.05 bits per heavy atom. The average Bonchev–Trinajstić information content (AvgIpc) is 2.81. The zero-order valence-corrected chi connectivity index (χ0v) is 15.0. The van der Waals surface area contributed by atoms with Gasteiger partial charge in [0.1, 0.15) is 0 Å². The molecule has 2 aliphatic heterocycles. The van der Waals surface area contributed by atoms with E-state index in [9.17, 15) is 4.79 Å². The van der Waals surface area contributed by atoms with Crippen molar-refractivity contribution < 1.29 is 4.79 Å². The summed E-state index contributed by atoms with van der Waals surface area (Å²) in [6, 6.07) is 7.14. The molecule has 2 saturated heterocycles. The summed E-state index contributed by atoms with van der Waals surface area (Å²) >= 11 is 8.34. The number of rotatable bonds is 3. The molecule has 3 nitrogen and oxygen atoms in total. The van der Waals surface area contributed by atoms with Crippen LogP contribution >= 0.6 is 34.2 Å². The van der Waals surface area contributed by atoms with Crippen molar-refractivity contribution in [3.63, 3.8) is 0 Å². The van der Waals surface area contributed by atoms with E-state index in [1.165, 1.54) is 12.8 Å². The molecule has 1 aromatic rings. The molecule has 0 aliphatic carbocycles. The van der Waals surface area contributed by atoms with Crippen LogP contribution in [0.2, 0.25) is 5.02 Å². The number of fused-ring (bicyclic) bond motifs is 2. The predicted molar refractivity (Wildman–Crippen MR) is 93.8 cm³/mol. The molecule has 0 aromatic heterocycles. The first-order chi connectivity index (χ1) is 10.1. The average molecular weight is 419 g/mol. The Kier molecular flexibility index (Phi) is 4.76. The Morgan fingerprint density at radius 3 is 2.62 bits per heavy atom. The van der Waals surface area contributed by atoms with Gasteiger partial charge >= 0.3 is 0 Å². The summed E-state index contributed by atoms with van der Waals surface area (Å²) in [5, 5.41) is 4.29. The lowest BCUT2D eigenvalue weighted by molar-refractivity contribution is 0.0631. The van der Waals surface area contributed by atoms with E-state index in [1.807, 2.05) is 17.0 Å². The second kappa shape index (κ2) is 6.42. The van der Waals surface area contributed by atoms with Gasteiger partial charge in [0.2, 0.25) is 0 Å². The Labute approximate surface area is 144 Å². The van der Waals surface area contributed by atoms with Crippen LogP contribution in [0, 0.1) is 3.57 Å². The molecule has 0 spiro atoms. The molecular weight excluding hydrogens is 399 g/mol. The number of carbonyl (C=O) groups excluding carboxylic acids is 1. The van der Waals surface area contributed by atoms with Crippen molar-refractivity contribution in [1.82, 2.24) is 10.2 Å². The second-order valence-electron chi connectivity index (χ2n) is 5.98. The van der Waals surface area contributed by atoms with Crippen LogP contribution in [0.4, 0.5) is 0 Å². The fourth-order valence-corrected chi connectivity index (χ4v) is 4.16. The molecule has 2 fully saturated rings. The minimum Gasteiger partial charge on any atom is -0.336 e. The molecule has 2 aliphatic rings. The number of nitrogens with zero attached hydrogens (tertiary/aromatic N) is 1. The van der Waals surface area contributed by atoms with Gasteiger partial charge in [-0.1, -0.05) is 11.6 Å². The lowest BCUT2D eigenvalue weighted by atomic mass is 9.97. The fourth-order valence-electron chi connectivity index (χ4n) is 3.64. The molecule has 114 valence electrons. The monoisotopic (exact) mass is 418 g/mol. The Morgan fingerprint density at radius 1 is 1.38 bits per heavy atom. The van der Waals surface area contributed by atoms with E-state index in [-0.39, 0.29) is 5.91 Å². The maximum absolute atomic E-state index is 12.8. The van der Waals surface area contributed by atoms with Crippen LogP contribution in [0.15, 0.2) is 18.2 Å². The largest absolute Gasteiger partial charge is 0.336 e. The molecule has 0 radical (unpaired) electrons. The molecule has 5 heteroatoms. The van der Waals surface area contributed by atoms with Gasteiger partial charge in [0.05, 0.1) is 5.02 Å². The maximum Gasteiger partial charge on any atom is 0.254 e. The lowest BCUT2D eigenvalue weighted by Crippen LogP contribution is -2.50. The first-order valence-corrected chi connectivity index (χ1v) is 9.06. The SMILES string of the molecule is CCN(C(=O)c1ccc(I)c(Cl)c1)C1CC2CCC(C1)N2. The highest BCUT2D eigenvalue weighted by Gasteiger charge is 2.37. The summed E-state index contributed by atoms with van der Waals surface area (Å²) in [5.74, 6) is 0.113. The van der Waals surface area contributed by atoms with Crippen LogP contribution in [-0.4, -0.2) is 35.5 Å². The Balaban J connectivity index is 1.79. The number of hydrogen-bond donors (Lipinski definition) is 1. The first-order valence-electron chi connectivity index (χ1n) is 7.60.